The van der Waals surface area contributed by atoms with Gasteiger partial charge in [0.1, 0.15) is 0 Å². The molecule has 3 rings (SSSR count). The van der Waals surface area contributed by atoms with Gasteiger partial charge in [-0.1, -0.05) is 0 Å². The van der Waals surface area contributed by atoms with Gasteiger partial charge < -0.3 is 4.90 Å². The van der Waals surface area contributed by atoms with Gasteiger partial charge >= 0.3 is 0 Å². The SMILES string of the molecule is Ic1ncc(N2CCN3CCC2C3)cn1. The van der Waals surface area contributed by atoms with E-state index in [-0.39, 0.29) is 0 Å². The van der Waals surface area contributed by atoms with Crippen molar-refractivity contribution in [1.29, 1.82) is 0 Å². The Hall–Kier alpha value is -0.430. The molecule has 3 heterocycles. The molecule has 15 heavy (non-hydrogen) atoms. The molecule has 80 valence electrons. The van der Waals surface area contributed by atoms with Gasteiger partial charge in [-0.2, -0.15) is 0 Å². The zero-order valence-electron chi connectivity index (χ0n) is 8.43. The molecule has 0 aliphatic carbocycles. The maximum absolute atomic E-state index is 4.26. The topological polar surface area (TPSA) is 32.3 Å². The summed E-state index contributed by atoms with van der Waals surface area (Å²) in [6.07, 6.45) is 5.18. The molecule has 5 heteroatoms. The smallest absolute Gasteiger partial charge is 0.190 e. The molecule has 0 amide bonds. The van der Waals surface area contributed by atoms with Crippen molar-refractivity contribution in [3.8, 4) is 0 Å². The highest BCUT2D eigenvalue weighted by Gasteiger charge is 2.32. The molecule has 2 saturated heterocycles. The van der Waals surface area contributed by atoms with Crippen molar-refractivity contribution in [2.45, 2.75) is 12.5 Å². The average Bonchev–Trinajstić information content (AvgIpc) is 2.63. The van der Waals surface area contributed by atoms with Crippen molar-refractivity contribution in [3.05, 3.63) is 16.2 Å². The molecule has 2 aliphatic heterocycles. The number of fused-ring (bicyclic) bond motifs is 2. The Labute approximate surface area is 103 Å². The molecule has 2 unspecified atom stereocenters. The highest BCUT2D eigenvalue weighted by atomic mass is 127. The summed E-state index contributed by atoms with van der Waals surface area (Å²) < 4.78 is 0.821. The summed E-state index contributed by atoms with van der Waals surface area (Å²) in [5, 5.41) is 0. The van der Waals surface area contributed by atoms with Gasteiger partial charge in [-0.05, 0) is 6.42 Å². The highest BCUT2D eigenvalue weighted by molar-refractivity contribution is 14.1. The molecule has 4 nitrogen and oxygen atoms in total. The van der Waals surface area contributed by atoms with Crippen LogP contribution >= 0.6 is 22.6 Å². The van der Waals surface area contributed by atoms with Crippen LogP contribution in [-0.4, -0.2) is 47.1 Å². The maximum Gasteiger partial charge on any atom is 0.190 e. The van der Waals surface area contributed by atoms with E-state index in [4.69, 9.17) is 0 Å². The summed E-state index contributed by atoms with van der Waals surface area (Å²) in [4.78, 5) is 13.5. The Kier molecular flexibility index (Phi) is 2.51. The lowest BCUT2D eigenvalue weighted by molar-refractivity contribution is 0.310. The first-order valence-corrected chi connectivity index (χ1v) is 6.37. The molecule has 0 aromatic carbocycles. The van der Waals surface area contributed by atoms with Gasteiger partial charge in [-0.3, -0.25) is 4.90 Å². The summed E-state index contributed by atoms with van der Waals surface area (Å²) in [5.41, 5.74) is 1.18. The second kappa shape index (κ2) is 3.86. The summed E-state index contributed by atoms with van der Waals surface area (Å²) in [5.74, 6) is 0. The van der Waals surface area contributed by atoms with Crippen molar-refractivity contribution in [2.24, 2.45) is 0 Å². The first-order valence-electron chi connectivity index (χ1n) is 5.29. The van der Waals surface area contributed by atoms with Crippen LogP contribution in [0, 0.1) is 3.83 Å². The van der Waals surface area contributed by atoms with Gasteiger partial charge in [0, 0.05) is 54.8 Å². The van der Waals surface area contributed by atoms with E-state index in [0.717, 1.165) is 10.4 Å². The molecule has 0 radical (unpaired) electrons. The quantitative estimate of drug-likeness (QED) is 0.571. The fourth-order valence-electron chi connectivity index (χ4n) is 2.50. The lowest BCUT2D eigenvalue weighted by atomic mass is 10.2. The number of rotatable bonds is 1. The van der Waals surface area contributed by atoms with Crippen molar-refractivity contribution >= 4 is 28.3 Å². The third-order valence-electron chi connectivity index (χ3n) is 3.28. The number of halogens is 1. The number of anilines is 1. The molecule has 0 spiro atoms. The van der Waals surface area contributed by atoms with Crippen molar-refractivity contribution in [2.75, 3.05) is 31.1 Å². The first-order chi connectivity index (χ1) is 7.33. The van der Waals surface area contributed by atoms with Crippen LogP contribution in [0.25, 0.3) is 0 Å². The predicted molar refractivity (Wildman–Crippen MR) is 66.9 cm³/mol. The first kappa shape index (κ1) is 9.77. The van der Waals surface area contributed by atoms with E-state index in [2.05, 4.69) is 42.4 Å². The number of piperazine rings is 1. The third-order valence-corrected chi connectivity index (χ3v) is 3.84. The van der Waals surface area contributed by atoms with Crippen LogP contribution < -0.4 is 4.90 Å². The maximum atomic E-state index is 4.26. The van der Waals surface area contributed by atoms with E-state index in [0.29, 0.717) is 6.04 Å². The number of hydrogen-bond acceptors (Lipinski definition) is 4. The van der Waals surface area contributed by atoms with Gasteiger partial charge in [0.25, 0.3) is 0 Å². The Morgan fingerprint density at radius 1 is 1.20 bits per heavy atom. The number of hydrogen-bond donors (Lipinski definition) is 0. The monoisotopic (exact) mass is 316 g/mol. The fourth-order valence-corrected chi connectivity index (χ4v) is 2.77. The highest BCUT2D eigenvalue weighted by Crippen LogP contribution is 2.25. The van der Waals surface area contributed by atoms with Gasteiger partial charge in [-0.15, -0.1) is 0 Å². The number of aromatic nitrogens is 2. The molecular formula is C10H13IN4. The van der Waals surface area contributed by atoms with E-state index in [9.17, 15) is 0 Å². The van der Waals surface area contributed by atoms with Crippen LogP contribution in [0.5, 0.6) is 0 Å². The van der Waals surface area contributed by atoms with Gasteiger partial charge in [0.05, 0.1) is 18.1 Å². The Balaban J connectivity index is 1.84. The second-order valence-electron chi connectivity index (χ2n) is 4.15. The molecule has 2 atom stereocenters. The summed E-state index contributed by atoms with van der Waals surface area (Å²) in [6.45, 7) is 4.77. The van der Waals surface area contributed by atoms with Gasteiger partial charge in [-0.25, -0.2) is 9.97 Å². The fraction of sp³-hybridized carbons (Fsp3) is 0.600. The summed E-state index contributed by atoms with van der Waals surface area (Å²) in [6, 6.07) is 0.683. The van der Waals surface area contributed by atoms with Crippen LogP contribution in [-0.2, 0) is 0 Å². The summed E-state index contributed by atoms with van der Waals surface area (Å²) in [7, 11) is 0. The van der Waals surface area contributed by atoms with E-state index >= 15 is 0 Å². The van der Waals surface area contributed by atoms with E-state index in [1.54, 1.807) is 0 Å². The van der Waals surface area contributed by atoms with E-state index in [1.807, 2.05) is 12.4 Å². The normalized spacial score (nSPS) is 29.5. The Morgan fingerprint density at radius 3 is 2.80 bits per heavy atom. The van der Waals surface area contributed by atoms with Crippen molar-refractivity contribution in [3.63, 3.8) is 0 Å². The zero-order valence-corrected chi connectivity index (χ0v) is 10.6. The zero-order chi connectivity index (χ0) is 10.3. The molecule has 0 saturated carbocycles. The minimum atomic E-state index is 0.683. The second-order valence-corrected chi connectivity index (χ2v) is 5.11. The Bertz CT molecular complexity index is 353. The molecule has 1 aromatic heterocycles. The van der Waals surface area contributed by atoms with E-state index < -0.39 is 0 Å². The van der Waals surface area contributed by atoms with Crippen molar-refractivity contribution < 1.29 is 0 Å². The lowest BCUT2D eigenvalue weighted by Gasteiger charge is -2.35. The predicted octanol–water partition coefficient (Wildman–Crippen LogP) is 0.976. The molecule has 2 bridgehead atoms. The van der Waals surface area contributed by atoms with Gasteiger partial charge in [0.2, 0.25) is 0 Å². The van der Waals surface area contributed by atoms with Crippen LogP contribution in [0.3, 0.4) is 0 Å². The minimum absolute atomic E-state index is 0.683. The van der Waals surface area contributed by atoms with E-state index in [1.165, 1.54) is 31.7 Å². The minimum Gasteiger partial charge on any atom is -0.363 e. The molecule has 2 fully saturated rings. The molecule has 2 aliphatic rings. The average molecular weight is 316 g/mol. The van der Waals surface area contributed by atoms with Crippen LogP contribution in [0.15, 0.2) is 12.4 Å². The largest absolute Gasteiger partial charge is 0.363 e. The standard InChI is InChI=1S/C10H13IN4/c11-10-12-5-9(6-13-10)15-4-3-14-2-1-8(15)7-14/h5-6,8H,1-4,7H2. The molecule has 0 N–H and O–H groups in total. The lowest BCUT2D eigenvalue weighted by Crippen LogP contribution is -2.46. The van der Waals surface area contributed by atoms with Crippen molar-refractivity contribution in [1.82, 2.24) is 14.9 Å². The number of nitrogens with zero attached hydrogens (tertiary/aromatic N) is 4. The van der Waals surface area contributed by atoms with Crippen LogP contribution in [0.4, 0.5) is 5.69 Å². The van der Waals surface area contributed by atoms with Crippen LogP contribution in [0.1, 0.15) is 6.42 Å². The Morgan fingerprint density at radius 2 is 2.00 bits per heavy atom. The molecular weight excluding hydrogens is 303 g/mol. The third kappa shape index (κ3) is 1.82. The van der Waals surface area contributed by atoms with Gasteiger partial charge in [0.15, 0.2) is 3.83 Å². The van der Waals surface area contributed by atoms with Crippen LogP contribution in [0.2, 0.25) is 0 Å². The molecule has 1 aromatic rings. The summed E-state index contributed by atoms with van der Waals surface area (Å²) >= 11 is 2.14.